The quantitative estimate of drug-likeness (QED) is 0.787. The van der Waals surface area contributed by atoms with Gasteiger partial charge in [-0.3, -0.25) is 4.79 Å². The van der Waals surface area contributed by atoms with Crippen LogP contribution in [0.2, 0.25) is 0 Å². The van der Waals surface area contributed by atoms with Crippen molar-refractivity contribution in [1.29, 1.82) is 0 Å². The van der Waals surface area contributed by atoms with Crippen molar-refractivity contribution in [2.75, 3.05) is 24.6 Å². The van der Waals surface area contributed by atoms with Crippen LogP contribution in [0.3, 0.4) is 0 Å². The highest BCUT2D eigenvalue weighted by atomic mass is 16.3. The number of nitrogens with zero attached hydrogens (tertiary/aromatic N) is 3. The SMILES string of the molecule is CC(C)c1cc(C(=O)NCC2(CO)CCC2)nc(N2CCc3ccccc3C2)n1. The summed E-state index contributed by atoms with van der Waals surface area (Å²) in [5.41, 5.74) is 3.79. The molecule has 2 aromatic rings. The van der Waals surface area contributed by atoms with E-state index in [2.05, 4.69) is 53.3 Å². The summed E-state index contributed by atoms with van der Waals surface area (Å²) in [6.07, 6.45) is 3.99. The Hall–Kier alpha value is -2.47. The van der Waals surface area contributed by atoms with Gasteiger partial charge in [-0.1, -0.05) is 44.5 Å². The number of carbonyl (C=O) groups excluding carboxylic acids is 1. The number of hydrogen-bond acceptors (Lipinski definition) is 5. The maximum atomic E-state index is 12.9. The maximum absolute atomic E-state index is 12.9. The molecule has 6 heteroatoms. The third-order valence-electron chi connectivity index (χ3n) is 6.35. The fourth-order valence-electron chi connectivity index (χ4n) is 4.10. The maximum Gasteiger partial charge on any atom is 0.270 e. The highest BCUT2D eigenvalue weighted by Crippen LogP contribution is 2.39. The molecular formula is C23H30N4O2. The molecule has 2 aliphatic rings. The monoisotopic (exact) mass is 394 g/mol. The average molecular weight is 395 g/mol. The zero-order valence-corrected chi connectivity index (χ0v) is 17.3. The van der Waals surface area contributed by atoms with Gasteiger partial charge in [0.2, 0.25) is 5.95 Å². The van der Waals surface area contributed by atoms with Crippen LogP contribution in [0, 0.1) is 5.41 Å². The van der Waals surface area contributed by atoms with E-state index >= 15 is 0 Å². The van der Waals surface area contributed by atoms with E-state index in [1.165, 1.54) is 11.1 Å². The van der Waals surface area contributed by atoms with E-state index < -0.39 is 0 Å². The van der Waals surface area contributed by atoms with Gasteiger partial charge in [0.25, 0.3) is 5.91 Å². The summed E-state index contributed by atoms with van der Waals surface area (Å²) in [5.74, 6) is 0.639. The zero-order chi connectivity index (χ0) is 20.4. The summed E-state index contributed by atoms with van der Waals surface area (Å²) in [6, 6.07) is 10.3. The van der Waals surface area contributed by atoms with Crippen molar-refractivity contribution in [2.45, 2.75) is 52.0 Å². The van der Waals surface area contributed by atoms with Crippen molar-refractivity contribution < 1.29 is 9.90 Å². The Kier molecular flexibility index (Phi) is 5.54. The van der Waals surface area contributed by atoms with E-state index in [0.717, 1.165) is 44.5 Å². The van der Waals surface area contributed by atoms with Gasteiger partial charge in [-0.2, -0.15) is 0 Å². The second-order valence-electron chi connectivity index (χ2n) is 8.77. The van der Waals surface area contributed by atoms with E-state index in [-0.39, 0.29) is 23.8 Å². The standard InChI is InChI=1S/C23H30N4O2/c1-16(2)19-12-20(21(29)24-14-23(15-28)9-5-10-23)26-22(25-19)27-11-8-17-6-3-4-7-18(17)13-27/h3-4,6-7,12,16,28H,5,8-11,13-15H2,1-2H3,(H,24,29). The molecule has 1 fully saturated rings. The lowest BCUT2D eigenvalue weighted by molar-refractivity contribution is 0.0428. The molecule has 0 unspecified atom stereocenters. The minimum atomic E-state index is -0.187. The van der Waals surface area contributed by atoms with Crippen molar-refractivity contribution in [2.24, 2.45) is 5.41 Å². The molecule has 0 spiro atoms. The first-order valence-electron chi connectivity index (χ1n) is 10.6. The van der Waals surface area contributed by atoms with Gasteiger partial charge >= 0.3 is 0 Å². The smallest absolute Gasteiger partial charge is 0.270 e. The van der Waals surface area contributed by atoms with Crippen LogP contribution in [-0.4, -0.2) is 40.7 Å². The van der Waals surface area contributed by atoms with Gasteiger partial charge in [-0.05, 0) is 42.4 Å². The first kappa shape index (κ1) is 19.8. The van der Waals surface area contributed by atoms with Crippen LogP contribution in [0.1, 0.15) is 66.3 Å². The Morgan fingerprint density at radius 1 is 1.24 bits per heavy atom. The summed E-state index contributed by atoms with van der Waals surface area (Å²) in [4.78, 5) is 24.4. The number of carbonyl (C=O) groups is 1. The van der Waals surface area contributed by atoms with Gasteiger partial charge in [-0.25, -0.2) is 9.97 Å². The number of fused-ring (bicyclic) bond motifs is 1. The summed E-state index contributed by atoms with van der Waals surface area (Å²) in [6.45, 7) is 6.37. The molecule has 0 bridgehead atoms. The van der Waals surface area contributed by atoms with E-state index in [1.54, 1.807) is 6.07 Å². The summed E-state index contributed by atoms with van der Waals surface area (Å²) >= 11 is 0. The topological polar surface area (TPSA) is 78.3 Å². The van der Waals surface area contributed by atoms with E-state index in [1.807, 2.05) is 0 Å². The third kappa shape index (κ3) is 4.13. The molecule has 6 nitrogen and oxygen atoms in total. The first-order chi connectivity index (χ1) is 14.0. The highest BCUT2D eigenvalue weighted by Gasteiger charge is 2.36. The molecule has 0 radical (unpaired) electrons. The molecule has 2 N–H and O–H groups in total. The number of rotatable bonds is 6. The van der Waals surface area contributed by atoms with Gasteiger partial charge in [0, 0.05) is 30.7 Å². The zero-order valence-electron chi connectivity index (χ0n) is 17.3. The summed E-state index contributed by atoms with van der Waals surface area (Å²) < 4.78 is 0. The average Bonchev–Trinajstić information content (AvgIpc) is 2.72. The lowest BCUT2D eigenvalue weighted by Gasteiger charge is -2.40. The Bertz CT molecular complexity index is 887. The molecule has 1 saturated carbocycles. The van der Waals surface area contributed by atoms with Crippen LogP contribution in [0.15, 0.2) is 30.3 Å². The molecule has 154 valence electrons. The number of aromatic nitrogens is 2. The van der Waals surface area contributed by atoms with Crippen molar-refractivity contribution in [3.8, 4) is 0 Å². The van der Waals surface area contributed by atoms with Crippen molar-refractivity contribution in [1.82, 2.24) is 15.3 Å². The lowest BCUT2D eigenvalue weighted by atomic mass is 9.69. The molecule has 1 aliphatic carbocycles. The number of aliphatic hydroxyl groups is 1. The number of aliphatic hydroxyl groups excluding tert-OH is 1. The molecule has 1 aromatic heterocycles. The van der Waals surface area contributed by atoms with Gasteiger partial charge in [0.1, 0.15) is 5.69 Å². The number of hydrogen-bond donors (Lipinski definition) is 2. The third-order valence-corrected chi connectivity index (χ3v) is 6.35. The first-order valence-corrected chi connectivity index (χ1v) is 10.6. The fraction of sp³-hybridized carbons (Fsp3) is 0.522. The molecule has 0 atom stereocenters. The van der Waals surface area contributed by atoms with Crippen LogP contribution in [-0.2, 0) is 13.0 Å². The predicted molar refractivity (Wildman–Crippen MR) is 113 cm³/mol. The second-order valence-corrected chi connectivity index (χ2v) is 8.77. The number of benzene rings is 1. The van der Waals surface area contributed by atoms with Crippen LogP contribution >= 0.6 is 0 Å². The Labute approximate surface area is 172 Å². The van der Waals surface area contributed by atoms with Crippen molar-refractivity contribution in [3.05, 3.63) is 52.8 Å². The molecule has 1 amide bonds. The van der Waals surface area contributed by atoms with E-state index in [9.17, 15) is 9.90 Å². The van der Waals surface area contributed by atoms with Crippen LogP contribution in [0.25, 0.3) is 0 Å². The van der Waals surface area contributed by atoms with Gasteiger partial charge in [-0.15, -0.1) is 0 Å². The molecule has 1 aliphatic heterocycles. The number of anilines is 1. The van der Waals surface area contributed by atoms with E-state index in [4.69, 9.17) is 4.98 Å². The van der Waals surface area contributed by atoms with Crippen molar-refractivity contribution in [3.63, 3.8) is 0 Å². The second kappa shape index (κ2) is 8.11. The summed E-state index contributed by atoms with van der Waals surface area (Å²) in [7, 11) is 0. The van der Waals surface area contributed by atoms with Crippen LogP contribution in [0.5, 0.6) is 0 Å². The van der Waals surface area contributed by atoms with Crippen LogP contribution in [0.4, 0.5) is 5.95 Å². The summed E-state index contributed by atoms with van der Waals surface area (Å²) in [5, 5.41) is 12.6. The largest absolute Gasteiger partial charge is 0.396 e. The highest BCUT2D eigenvalue weighted by molar-refractivity contribution is 5.92. The number of amides is 1. The minimum absolute atomic E-state index is 0.118. The molecule has 29 heavy (non-hydrogen) atoms. The molecule has 4 rings (SSSR count). The predicted octanol–water partition coefficient (Wildman–Crippen LogP) is 3.06. The Morgan fingerprint density at radius 3 is 2.66 bits per heavy atom. The van der Waals surface area contributed by atoms with Gasteiger partial charge in [0.15, 0.2) is 0 Å². The lowest BCUT2D eigenvalue weighted by Crippen LogP contribution is -2.44. The molecule has 0 saturated heterocycles. The van der Waals surface area contributed by atoms with Gasteiger partial charge < -0.3 is 15.3 Å². The van der Waals surface area contributed by atoms with Crippen LogP contribution < -0.4 is 10.2 Å². The minimum Gasteiger partial charge on any atom is -0.396 e. The van der Waals surface area contributed by atoms with Crippen molar-refractivity contribution >= 4 is 11.9 Å². The van der Waals surface area contributed by atoms with Gasteiger partial charge in [0.05, 0.1) is 6.61 Å². The van der Waals surface area contributed by atoms with E-state index in [0.29, 0.717) is 18.2 Å². The molecule has 1 aromatic carbocycles. The normalized spacial score (nSPS) is 17.6. The Morgan fingerprint density at radius 2 is 2.00 bits per heavy atom. The molecular weight excluding hydrogens is 364 g/mol. The number of nitrogens with one attached hydrogen (secondary N) is 1. The fourth-order valence-corrected chi connectivity index (χ4v) is 4.10. The molecule has 2 heterocycles. The Balaban J connectivity index is 1.55.